The fourth-order valence-electron chi connectivity index (χ4n) is 4.35. The maximum Gasteiger partial charge on any atom is 0.344 e. The van der Waals surface area contributed by atoms with Crippen molar-refractivity contribution >= 4 is 53.8 Å². The summed E-state index contributed by atoms with van der Waals surface area (Å²) in [5.41, 5.74) is -0.0593. The Morgan fingerprint density at radius 1 is 0.758 bits per heavy atom. The number of phenols is 1. The summed E-state index contributed by atoms with van der Waals surface area (Å²) in [4.78, 5) is 26.5. The van der Waals surface area contributed by atoms with Crippen molar-refractivity contribution in [2.24, 2.45) is 0 Å². The first kappa shape index (κ1) is 20.3. The quantitative estimate of drug-likeness (QED) is 0.231. The average molecular weight is 568 g/mol. The molecule has 162 valence electrons. The normalized spacial score (nSPS) is 13.0. The molecule has 0 saturated carbocycles. The minimum Gasteiger partial charge on any atom is -0.506 e. The molecule has 0 radical (unpaired) electrons. The van der Waals surface area contributed by atoms with Crippen LogP contribution >= 0.6 is 31.9 Å². The Kier molecular flexibility index (Phi) is 4.50. The molecule has 0 aliphatic carbocycles. The van der Waals surface area contributed by atoms with Gasteiger partial charge in [-0.25, -0.2) is 9.59 Å². The minimum absolute atomic E-state index is 0.109. The average Bonchev–Trinajstić information content (AvgIpc) is 2.80. The second-order valence-corrected chi connectivity index (χ2v) is 9.39. The van der Waals surface area contributed by atoms with Gasteiger partial charge in [-0.3, -0.25) is 0 Å². The van der Waals surface area contributed by atoms with Gasteiger partial charge < -0.3 is 18.7 Å². The first-order valence-corrected chi connectivity index (χ1v) is 11.5. The van der Waals surface area contributed by atoms with Crippen molar-refractivity contribution < 1.29 is 18.7 Å². The van der Waals surface area contributed by atoms with Crippen LogP contribution in [0.4, 0.5) is 0 Å². The predicted octanol–water partition coefficient (Wildman–Crippen LogP) is 6.42. The molecule has 3 heterocycles. The van der Waals surface area contributed by atoms with Gasteiger partial charge in [0.2, 0.25) is 0 Å². The van der Waals surface area contributed by atoms with E-state index in [1.165, 1.54) is 0 Å². The molecular formula is C25H12Br2O6. The molecule has 6 rings (SSSR count). The number of phenolic OH excluding ortho intramolecular Hbond substituents is 1. The molecule has 0 unspecified atom stereocenters. The van der Waals surface area contributed by atoms with Crippen LogP contribution in [0.3, 0.4) is 0 Å². The number of rotatable bonds is 1. The molecule has 33 heavy (non-hydrogen) atoms. The second kappa shape index (κ2) is 7.33. The Hall–Kier alpha value is -3.36. The standard InChI is InChI=1S/C25H12Br2O6/c26-11-9-14(21(28)15(27)10-11)18-19-22(12-5-1-3-7-16(12)31-24(19)29)33-23-13-6-2-4-8-17(13)32-25(30)20(18)23/h1-10,18,28H. The van der Waals surface area contributed by atoms with E-state index in [1.54, 1.807) is 60.7 Å². The molecule has 2 aromatic heterocycles. The summed E-state index contributed by atoms with van der Waals surface area (Å²) in [6.45, 7) is 0. The Labute approximate surface area is 202 Å². The van der Waals surface area contributed by atoms with E-state index in [0.717, 1.165) is 0 Å². The molecule has 6 nitrogen and oxygen atoms in total. The zero-order valence-corrected chi connectivity index (χ0v) is 19.8. The zero-order chi connectivity index (χ0) is 22.9. The van der Waals surface area contributed by atoms with Gasteiger partial charge in [0.1, 0.15) is 28.4 Å². The van der Waals surface area contributed by atoms with Crippen molar-refractivity contribution in [1.82, 2.24) is 0 Å². The maximum absolute atomic E-state index is 13.2. The van der Waals surface area contributed by atoms with E-state index in [0.29, 0.717) is 36.4 Å². The van der Waals surface area contributed by atoms with Crippen molar-refractivity contribution in [1.29, 1.82) is 0 Å². The van der Waals surface area contributed by atoms with Crippen LogP contribution in [0, 0.1) is 0 Å². The van der Waals surface area contributed by atoms with Crippen LogP contribution in [0.5, 0.6) is 17.2 Å². The molecule has 1 aliphatic rings. The SMILES string of the molecule is O=c1oc2ccccc2c2c1C(c1cc(Br)cc(Br)c1O)c1c(c3ccccc3oc1=O)O2. The van der Waals surface area contributed by atoms with Crippen molar-refractivity contribution in [2.75, 3.05) is 0 Å². The van der Waals surface area contributed by atoms with Crippen molar-refractivity contribution in [3.05, 3.63) is 107 Å². The third-order valence-corrected chi connectivity index (χ3v) is 6.81. The summed E-state index contributed by atoms with van der Waals surface area (Å²) >= 11 is 6.78. The van der Waals surface area contributed by atoms with Gasteiger partial charge in [0, 0.05) is 10.0 Å². The van der Waals surface area contributed by atoms with Crippen molar-refractivity contribution in [3.8, 4) is 17.2 Å². The van der Waals surface area contributed by atoms with E-state index >= 15 is 0 Å². The lowest BCUT2D eigenvalue weighted by atomic mass is 9.82. The largest absolute Gasteiger partial charge is 0.506 e. The number of hydrogen-bond acceptors (Lipinski definition) is 6. The predicted molar refractivity (Wildman–Crippen MR) is 129 cm³/mol. The van der Waals surface area contributed by atoms with Crippen LogP contribution < -0.4 is 16.0 Å². The van der Waals surface area contributed by atoms with Gasteiger partial charge >= 0.3 is 11.3 Å². The van der Waals surface area contributed by atoms with E-state index in [4.69, 9.17) is 13.6 Å². The fourth-order valence-corrected chi connectivity index (χ4v) is 5.61. The number of ether oxygens (including phenoxy) is 1. The molecule has 0 amide bonds. The van der Waals surface area contributed by atoms with Gasteiger partial charge in [0.15, 0.2) is 0 Å². The number of benzene rings is 3. The Balaban J connectivity index is 1.83. The molecule has 0 bridgehead atoms. The van der Waals surface area contributed by atoms with Crippen molar-refractivity contribution in [2.45, 2.75) is 5.92 Å². The van der Waals surface area contributed by atoms with Gasteiger partial charge in [0.05, 0.1) is 32.3 Å². The van der Waals surface area contributed by atoms with Crippen LogP contribution in [-0.2, 0) is 0 Å². The van der Waals surface area contributed by atoms with E-state index in [-0.39, 0.29) is 28.4 Å². The minimum atomic E-state index is -0.987. The lowest BCUT2D eigenvalue weighted by Gasteiger charge is -2.28. The number of hydrogen-bond donors (Lipinski definition) is 1. The van der Waals surface area contributed by atoms with E-state index in [9.17, 15) is 14.7 Å². The molecular weight excluding hydrogens is 556 g/mol. The van der Waals surface area contributed by atoms with Gasteiger partial charge in [0.25, 0.3) is 0 Å². The molecule has 5 aromatic rings. The lowest BCUT2D eigenvalue weighted by molar-refractivity contribution is 0.422. The summed E-state index contributed by atoms with van der Waals surface area (Å²) in [5.74, 6) is -0.530. The van der Waals surface area contributed by atoms with Crippen LogP contribution in [0.1, 0.15) is 22.6 Å². The van der Waals surface area contributed by atoms with Crippen LogP contribution in [0.15, 0.2) is 88.0 Å². The Bertz CT molecular complexity index is 1630. The molecule has 1 aliphatic heterocycles. The maximum atomic E-state index is 13.2. The molecule has 1 N–H and O–H groups in total. The highest BCUT2D eigenvalue weighted by atomic mass is 79.9. The smallest absolute Gasteiger partial charge is 0.344 e. The van der Waals surface area contributed by atoms with Crippen molar-refractivity contribution in [3.63, 3.8) is 0 Å². The monoisotopic (exact) mass is 566 g/mol. The van der Waals surface area contributed by atoms with Crippen LogP contribution in [0.2, 0.25) is 0 Å². The lowest BCUT2D eigenvalue weighted by Crippen LogP contribution is -2.26. The number of halogens is 2. The van der Waals surface area contributed by atoms with Crippen LogP contribution in [0.25, 0.3) is 21.9 Å². The first-order valence-electron chi connectivity index (χ1n) is 9.91. The van der Waals surface area contributed by atoms with Gasteiger partial charge in [-0.2, -0.15) is 0 Å². The molecule has 8 heteroatoms. The topological polar surface area (TPSA) is 89.9 Å². The summed E-state index contributed by atoms with van der Waals surface area (Å²) in [6.07, 6.45) is 0. The van der Waals surface area contributed by atoms with Crippen LogP contribution in [-0.4, -0.2) is 5.11 Å². The van der Waals surface area contributed by atoms with E-state index in [2.05, 4.69) is 31.9 Å². The van der Waals surface area contributed by atoms with Gasteiger partial charge in [-0.05, 0) is 52.3 Å². The van der Waals surface area contributed by atoms with E-state index < -0.39 is 17.2 Å². The highest BCUT2D eigenvalue weighted by Crippen LogP contribution is 2.52. The summed E-state index contributed by atoms with van der Waals surface area (Å²) in [6, 6.07) is 17.4. The Morgan fingerprint density at radius 3 is 1.82 bits per heavy atom. The van der Waals surface area contributed by atoms with Gasteiger partial charge in [-0.1, -0.05) is 40.2 Å². The molecule has 0 saturated heterocycles. The summed E-state index contributed by atoms with van der Waals surface area (Å²) in [7, 11) is 0. The number of para-hydroxylation sites is 2. The summed E-state index contributed by atoms with van der Waals surface area (Å²) in [5, 5.41) is 12.1. The fraction of sp³-hybridized carbons (Fsp3) is 0.0400. The zero-order valence-electron chi connectivity index (χ0n) is 16.6. The molecule has 0 fully saturated rings. The third-order valence-electron chi connectivity index (χ3n) is 5.75. The number of aromatic hydroxyl groups is 1. The van der Waals surface area contributed by atoms with Gasteiger partial charge in [-0.15, -0.1) is 0 Å². The first-order chi connectivity index (χ1) is 15.9. The Morgan fingerprint density at radius 2 is 1.27 bits per heavy atom. The second-order valence-electron chi connectivity index (χ2n) is 7.62. The molecule has 3 aromatic carbocycles. The summed E-state index contributed by atoms with van der Waals surface area (Å²) < 4.78 is 18.5. The number of fused-ring (bicyclic) bond motifs is 6. The molecule has 0 atom stereocenters. The highest BCUT2D eigenvalue weighted by Gasteiger charge is 2.39. The molecule has 0 spiro atoms. The van der Waals surface area contributed by atoms with E-state index in [1.807, 2.05) is 0 Å². The third kappa shape index (κ3) is 2.98. The highest BCUT2D eigenvalue weighted by molar-refractivity contribution is 9.11.